The largest absolute Gasteiger partial charge is 4.00 e. The van der Waals surface area contributed by atoms with Crippen molar-refractivity contribution in [3.05, 3.63) is 35.5 Å². The molecule has 0 aromatic heterocycles. The molecule has 0 fully saturated rings. The van der Waals surface area contributed by atoms with Crippen molar-refractivity contribution in [3.63, 3.8) is 0 Å². The van der Waals surface area contributed by atoms with E-state index in [2.05, 4.69) is 0 Å². The Kier molecular flexibility index (Phi) is 30.2. The average Bonchev–Trinajstić information content (AvgIpc) is 2.43. The molecule has 172 valence electrons. The van der Waals surface area contributed by atoms with Gasteiger partial charge in [0.15, 0.2) is 17.3 Å². The molecular weight excluding hydrogens is 487 g/mol. The summed E-state index contributed by atoms with van der Waals surface area (Å²) in [5.41, 5.74) is 0. The standard InChI is InChI=1S/C6H10O3.3C5H8O2.Zr/c1-3-5(4(2)7)6(8)9;3*1-4(6)3-5(2)7;/h5H,3H2,1-2H3,(H,8,9);3*3,6H,1-2H3;/q;;;;+4/p-4/b;3*4-3-;. The number of aliphatic carboxylic acids is 1. The number of carbonyl (C=O) groups is 5. The Balaban J connectivity index is -0.0000000965. The quantitative estimate of drug-likeness (QED) is 0.239. The second-order valence-electron chi connectivity index (χ2n) is 5.99. The molecular formula is C21H30O9Zr. The maximum Gasteiger partial charge on any atom is 4.00 e. The molecule has 0 saturated carbocycles. The molecule has 0 saturated heterocycles. The molecule has 0 amide bonds. The summed E-state index contributed by atoms with van der Waals surface area (Å²) in [4.78, 5) is 50.4. The number of hydrogen-bond acceptors (Lipinski definition) is 9. The van der Waals surface area contributed by atoms with Crippen molar-refractivity contribution in [2.75, 3.05) is 0 Å². The normalized spacial score (nSPS) is 11.4. The Morgan fingerprint density at radius 2 is 0.839 bits per heavy atom. The second-order valence-corrected chi connectivity index (χ2v) is 5.99. The van der Waals surface area contributed by atoms with E-state index in [4.69, 9.17) is 0 Å². The molecule has 31 heavy (non-hydrogen) atoms. The number of Topliss-reactive ketones (excluding diaryl/α,β-unsaturated/α-hetero) is 1. The van der Waals surface area contributed by atoms with Crippen LogP contribution in [-0.4, -0.2) is 29.1 Å². The van der Waals surface area contributed by atoms with Crippen LogP contribution in [0.15, 0.2) is 35.5 Å². The van der Waals surface area contributed by atoms with Crippen LogP contribution in [0, 0.1) is 5.92 Å². The van der Waals surface area contributed by atoms with Crippen LogP contribution in [0.3, 0.4) is 0 Å². The molecule has 0 spiro atoms. The van der Waals surface area contributed by atoms with Crippen molar-refractivity contribution < 1.29 is 70.6 Å². The summed E-state index contributed by atoms with van der Waals surface area (Å²) in [5.74, 6) is -3.65. The summed E-state index contributed by atoms with van der Waals surface area (Å²) in [7, 11) is 0. The van der Waals surface area contributed by atoms with Crippen LogP contribution in [-0.2, 0) is 50.2 Å². The van der Waals surface area contributed by atoms with Crippen LogP contribution < -0.4 is 20.4 Å². The molecule has 1 atom stereocenters. The van der Waals surface area contributed by atoms with E-state index in [0.717, 1.165) is 18.2 Å². The van der Waals surface area contributed by atoms with Gasteiger partial charge in [-0.25, -0.2) is 0 Å². The van der Waals surface area contributed by atoms with E-state index < -0.39 is 11.9 Å². The van der Waals surface area contributed by atoms with Crippen LogP contribution >= 0.6 is 0 Å². The smallest absolute Gasteiger partial charge is 0.876 e. The molecule has 0 aromatic carbocycles. The minimum atomic E-state index is -1.27. The van der Waals surface area contributed by atoms with E-state index in [9.17, 15) is 44.4 Å². The van der Waals surface area contributed by atoms with Crippen molar-refractivity contribution in [1.82, 2.24) is 0 Å². The molecule has 1 unspecified atom stereocenters. The number of carboxylic acids is 1. The molecule has 0 N–H and O–H groups in total. The van der Waals surface area contributed by atoms with E-state index in [1.165, 1.54) is 48.5 Å². The van der Waals surface area contributed by atoms with Crippen molar-refractivity contribution in [1.29, 1.82) is 0 Å². The van der Waals surface area contributed by atoms with Gasteiger partial charge < -0.3 is 25.2 Å². The second kappa shape index (κ2) is 23.9. The average molecular weight is 518 g/mol. The minimum Gasteiger partial charge on any atom is -0.876 e. The zero-order valence-electron chi connectivity index (χ0n) is 19.2. The van der Waals surface area contributed by atoms with Crippen molar-refractivity contribution >= 4 is 29.1 Å². The van der Waals surface area contributed by atoms with Gasteiger partial charge in [-0.05, 0) is 52.3 Å². The fourth-order valence-electron chi connectivity index (χ4n) is 1.48. The predicted molar refractivity (Wildman–Crippen MR) is 103 cm³/mol. The van der Waals surface area contributed by atoms with Crippen LogP contribution in [0.2, 0.25) is 0 Å². The first-order valence-corrected chi connectivity index (χ1v) is 8.76. The summed E-state index contributed by atoms with van der Waals surface area (Å²) >= 11 is 0. The van der Waals surface area contributed by atoms with E-state index in [1.807, 2.05) is 0 Å². The minimum absolute atomic E-state index is 0. The zero-order valence-corrected chi connectivity index (χ0v) is 21.6. The third-order valence-corrected chi connectivity index (χ3v) is 2.40. The summed E-state index contributed by atoms with van der Waals surface area (Å²) in [6.45, 7) is 11.0. The molecule has 0 aliphatic heterocycles. The van der Waals surface area contributed by atoms with Crippen LogP contribution in [0.1, 0.15) is 61.8 Å². The first-order chi connectivity index (χ1) is 13.5. The van der Waals surface area contributed by atoms with Crippen LogP contribution in [0.5, 0.6) is 0 Å². The number of ketones is 4. The number of rotatable bonds is 6. The monoisotopic (exact) mass is 516 g/mol. The van der Waals surface area contributed by atoms with Gasteiger partial charge >= 0.3 is 26.2 Å². The molecule has 0 bridgehead atoms. The number of allylic oxidation sites excluding steroid dienone is 6. The van der Waals surface area contributed by atoms with Gasteiger partial charge in [0.2, 0.25) is 0 Å². The van der Waals surface area contributed by atoms with Gasteiger partial charge in [0.25, 0.3) is 0 Å². The fraction of sp³-hybridized carbons (Fsp3) is 0.476. The molecule has 0 heterocycles. The topological polar surface area (TPSA) is 178 Å². The third-order valence-electron chi connectivity index (χ3n) is 2.40. The Bertz CT molecular complexity index is 582. The Labute approximate surface area is 202 Å². The van der Waals surface area contributed by atoms with Crippen LogP contribution in [0.4, 0.5) is 0 Å². The molecule has 0 aliphatic carbocycles. The summed E-state index contributed by atoms with van der Waals surface area (Å²) in [6.07, 6.45) is 3.48. The third kappa shape index (κ3) is 47.1. The van der Waals surface area contributed by atoms with E-state index >= 15 is 0 Å². The first kappa shape index (κ1) is 39.2. The first-order valence-electron chi connectivity index (χ1n) is 8.76. The summed E-state index contributed by atoms with van der Waals surface area (Å²) < 4.78 is 0. The maximum atomic E-state index is 10.4. The molecule has 0 rings (SSSR count). The zero-order chi connectivity index (χ0) is 25.0. The van der Waals surface area contributed by atoms with Crippen molar-refractivity contribution in [3.8, 4) is 0 Å². The van der Waals surface area contributed by atoms with Gasteiger partial charge in [0.1, 0.15) is 5.78 Å². The number of carboxylic acid groups (broad SMARTS) is 1. The van der Waals surface area contributed by atoms with Gasteiger partial charge in [-0.3, -0.25) is 19.2 Å². The van der Waals surface area contributed by atoms with E-state index in [-0.39, 0.29) is 66.6 Å². The van der Waals surface area contributed by atoms with E-state index in [1.54, 1.807) is 6.92 Å². The molecule has 10 heteroatoms. The maximum absolute atomic E-state index is 10.4. The van der Waals surface area contributed by atoms with Gasteiger partial charge in [-0.1, -0.05) is 27.7 Å². The molecule has 0 aliphatic rings. The van der Waals surface area contributed by atoms with E-state index in [0.29, 0.717) is 6.42 Å². The van der Waals surface area contributed by atoms with Gasteiger partial charge in [-0.15, -0.1) is 17.3 Å². The van der Waals surface area contributed by atoms with Crippen molar-refractivity contribution in [2.24, 2.45) is 5.92 Å². The summed E-state index contributed by atoms with van der Waals surface area (Å²) in [6, 6.07) is 0. The Hall–Kier alpha value is -2.35. The predicted octanol–water partition coefficient (Wildman–Crippen LogP) is -1.13. The molecule has 0 radical (unpaired) electrons. The van der Waals surface area contributed by atoms with Gasteiger partial charge in [-0.2, -0.15) is 0 Å². The Morgan fingerprint density at radius 3 is 0.839 bits per heavy atom. The Morgan fingerprint density at radius 1 is 0.613 bits per heavy atom. The molecule has 0 aromatic rings. The number of carbonyl (C=O) groups excluding carboxylic acids is 5. The summed E-state index contributed by atoms with van der Waals surface area (Å²) in [5, 5.41) is 40.0. The van der Waals surface area contributed by atoms with Gasteiger partial charge in [0, 0.05) is 0 Å². The van der Waals surface area contributed by atoms with Crippen molar-refractivity contribution in [2.45, 2.75) is 61.8 Å². The van der Waals surface area contributed by atoms with Gasteiger partial charge in [0.05, 0.1) is 11.9 Å². The number of hydrogen-bond donors (Lipinski definition) is 0. The fourth-order valence-corrected chi connectivity index (χ4v) is 1.48. The van der Waals surface area contributed by atoms with Crippen LogP contribution in [0.25, 0.3) is 0 Å². The SMILES string of the molecule is CC(=O)/C=C(/C)[O-].CC(=O)/C=C(/C)[O-].CC(=O)/C=C(/C)[O-].CCC(C(C)=O)C(=O)[O-].[Zr+4]. The molecule has 9 nitrogen and oxygen atoms in total.